The first-order valence-corrected chi connectivity index (χ1v) is 3.18. The van der Waals surface area contributed by atoms with E-state index in [4.69, 9.17) is 0 Å². The molecule has 0 atom stereocenters. The second-order valence-electron chi connectivity index (χ2n) is 1.74. The zero-order valence-electron chi connectivity index (χ0n) is 5.71. The smallest absolute Gasteiger partial charge is 0.142 e. The summed E-state index contributed by atoms with van der Waals surface area (Å²) in [5.41, 5.74) is 0. The molecule has 0 aliphatic rings. The Kier molecular flexibility index (Phi) is 6.47. The number of hydrogen-bond donors (Lipinski definition) is 0. The van der Waals surface area contributed by atoms with E-state index in [0.29, 0.717) is 0 Å². The van der Waals surface area contributed by atoms with E-state index in [-0.39, 0.29) is 0 Å². The molecule has 1 heteroatoms. The number of carbonyl (C=O) groups excluding carboxylic acids is 1. The molecule has 0 heterocycles. The fourth-order valence-electron chi connectivity index (χ4n) is 0.451. The zero-order chi connectivity index (χ0) is 6.95. The van der Waals surface area contributed by atoms with Gasteiger partial charge in [-0.1, -0.05) is 31.6 Å². The molecule has 0 unspecified atom stereocenters. The number of unbranched alkanes of at least 4 members (excludes halogenated alkanes) is 1. The van der Waals surface area contributed by atoms with Crippen LogP contribution in [0, 0.1) is 0 Å². The third-order valence-corrected chi connectivity index (χ3v) is 0.892. The summed E-state index contributed by atoms with van der Waals surface area (Å²) in [6.07, 6.45) is 10.2. The Bertz CT molecular complexity index is 112. The molecule has 0 amide bonds. The minimum Gasteiger partial charge on any atom is -0.299 e. The van der Waals surface area contributed by atoms with Crippen LogP contribution in [0.3, 0.4) is 0 Å². The number of hydrogen-bond acceptors (Lipinski definition) is 1. The van der Waals surface area contributed by atoms with Crippen molar-refractivity contribution < 1.29 is 4.79 Å². The highest BCUT2D eigenvalue weighted by Gasteiger charge is 1.68. The molecule has 1 nitrogen and oxygen atoms in total. The van der Waals surface area contributed by atoms with E-state index in [2.05, 4.69) is 6.92 Å². The second-order valence-corrected chi connectivity index (χ2v) is 1.74. The monoisotopic (exact) mass is 124 g/mol. The van der Waals surface area contributed by atoms with Gasteiger partial charge >= 0.3 is 0 Å². The molecule has 0 saturated heterocycles. The van der Waals surface area contributed by atoms with Gasteiger partial charge in [0.15, 0.2) is 0 Å². The van der Waals surface area contributed by atoms with Crippen LogP contribution in [0.5, 0.6) is 0 Å². The first-order chi connectivity index (χ1) is 4.41. The lowest BCUT2D eigenvalue weighted by molar-refractivity contribution is -0.104. The van der Waals surface area contributed by atoms with E-state index < -0.39 is 0 Å². The van der Waals surface area contributed by atoms with Crippen molar-refractivity contribution in [1.29, 1.82) is 0 Å². The highest BCUT2D eigenvalue weighted by atomic mass is 16.1. The van der Waals surface area contributed by atoms with Gasteiger partial charge in [0.1, 0.15) is 6.29 Å². The fourth-order valence-corrected chi connectivity index (χ4v) is 0.451. The first-order valence-electron chi connectivity index (χ1n) is 3.18. The molecule has 0 rings (SSSR count). The molecule has 0 fully saturated rings. The van der Waals surface area contributed by atoms with Crippen LogP contribution in [0.1, 0.15) is 19.8 Å². The molecule has 0 aromatic carbocycles. The van der Waals surface area contributed by atoms with Crippen molar-refractivity contribution in [3.63, 3.8) is 0 Å². The fraction of sp³-hybridized carbons (Fsp3) is 0.375. The lowest BCUT2D eigenvalue weighted by Crippen LogP contribution is -1.60. The lowest BCUT2D eigenvalue weighted by Gasteiger charge is -1.78. The summed E-state index contributed by atoms with van der Waals surface area (Å²) in [4.78, 5) is 9.72. The van der Waals surface area contributed by atoms with E-state index in [1.165, 1.54) is 6.08 Å². The number of rotatable bonds is 4. The topological polar surface area (TPSA) is 17.1 Å². The average molecular weight is 124 g/mol. The van der Waals surface area contributed by atoms with Crippen molar-refractivity contribution in [2.24, 2.45) is 0 Å². The largest absolute Gasteiger partial charge is 0.299 e. The van der Waals surface area contributed by atoms with Crippen molar-refractivity contribution >= 4 is 6.29 Å². The molecule has 9 heavy (non-hydrogen) atoms. The third kappa shape index (κ3) is 7.15. The molecule has 0 aliphatic carbocycles. The Morgan fingerprint density at radius 1 is 1.22 bits per heavy atom. The standard InChI is InChI=1S/C8H12O/c1-2-3-4-5-6-7-8-9/h4-8H,2-3H2,1H3/b5-4+,7-6?. The van der Waals surface area contributed by atoms with Crippen molar-refractivity contribution in [3.05, 3.63) is 24.3 Å². The quantitative estimate of drug-likeness (QED) is 0.318. The summed E-state index contributed by atoms with van der Waals surface area (Å²) in [5.74, 6) is 0. The molecule has 0 bridgehead atoms. The van der Waals surface area contributed by atoms with Gasteiger partial charge in [-0.3, -0.25) is 4.79 Å². The summed E-state index contributed by atoms with van der Waals surface area (Å²) in [5, 5.41) is 0. The summed E-state index contributed by atoms with van der Waals surface area (Å²) in [7, 11) is 0. The van der Waals surface area contributed by atoms with Crippen LogP contribution in [0.15, 0.2) is 24.3 Å². The minimum atomic E-state index is 0.774. The van der Waals surface area contributed by atoms with Gasteiger partial charge in [-0.15, -0.1) is 0 Å². The Morgan fingerprint density at radius 2 is 2.00 bits per heavy atom. The molecule has 0 aromatic rings. The Labute approximate surface area is 56.1 Å². The molecule has 0 spiro atoms. The van der Waals surface area contributed by atoms with Crippen LogP contribution in [0.2, 0.25) is 0 Å². The van der Waals surface area contributed by atoms with Gasteiger partial charge in [0, 0.05) is 0 Å². The van der Waals surface area contributed by atoms with Crippen molar-refractivity contribution in [2.45, 2.75) is 19.8 Å². The van der Waals surface area contributed by atoms with Gasteiger partial charge in [-0.05, 0) is 12.5 Å². The molecule has 0 radical (unpaired) electrons. The average Bonchev–Trinajstić information content (AvgIpc) is 1.89. The summed E-state index contributed by atoms with van der Waals surface area (Å²) in [6.45, 7) is 2.12. The van der Waals surface area contributed by atoms with Gasteiger partial charge in [0.2, 0.25) is 0 Å². The number of allylic oxidation sites excluding steroid dienone is 4. The van der Waals surface area contributed by atoms with E-state index in [1.54, 1.807) is 6.08 Å². The van der Waals surface area contributed by atoms with Crippen LogP contribution in [-0.2, 0) is 4.79 Å². The van der Waals surface area contributed by atoms with Gasteiger partial charge in [0.25, 0.3) is 0 Å². The highest BCUT2D eigenvalue weighted by Crippen LogP contribution is 1.87. The maximum atomic E-state index is 9.72. The van der Waals surface area contributed by atoms with Gasteiger partial charge in [-0.2, -0.15) is 0 Å². The third-order valence-electron chi connectivity index (χ3n) is 0.892. The van der Waals surface area contributed by atoms with E-state index in [9.17, 15) is 4.79 Å². The van der Waals surface area contributed by atoms with Crippen LogP contribution < -0.4 is 0 Å². The zero-order valence-corrected chi connectivity index (χ0v) is 5.71. The summed E-state index contributed by atoms with van der Waals surface area (Å²) < 4.78 is 0. The molecular weight excluding hydrogens is 112 g/mol. The van der Waals surface area contributed by atoms with E-state index in [0.717, 1.165) is 19.1 Å². The summed E-state index contributed by atoms with van der Waals surface area (Å²) in [6, 6.07) is 0. The maximum Gasteiger partial charge on any atom is 0.142 e. The van der Waals surface area contributed by atoms with Gasteiger partial charge < -0.3 is 0 Å². The Balaban J connectivity index is 3.23. The van der Waals surface area contributed by atoms with E-state index in [1.807, 2.05) is 12.2 Å². The highest BCUT2D eigenvalue weighted by molar-refractivity contribution is 5.65. The number of aldehydes is 1. The molecular formula is C8H12O. The molecule has 0 aliphatic heterocycles. The van der Waals surface area contributed by atoms with E-state index >= 15 is 0 Å². The van der Waals surface area contributed by atoms with Crippen LogP contribution in [0.4, 0.5) is 0 Å². The lowest BCUT2D eigenvalue weighted by atomic mass is 10.3. The van der Waals surface area contributed by atoms with Gasteiger partial charge in [0.05, 0.1) is 0 Å². The first kappa shape index (κ1) is 8.15. The SMILES string of the molecule is CCC/C=C/C=CC=O. The molecule has 0 N–H and O–H groups in total. The predicted molar refractivity (Wildman–Crippen MR) is 39.3 cm³/mol. The maximum absolute atomic E-state index is 9.72. The normalized spacial score (nSPS) is 11.2. The van der Waals surface area contributed by atoms with Crippen molar-refractivity contribution in [1.82, 2.24) is 0 Å². The predicted octanol–water partition coefficient (Wildman–Crippen LogP) is 2.10. The van der Waals surface area contributed by atoms with Gasteiger partial charge in [-0.25, -0.2) is 0 Å². The van der Waals surface area contributed by atoms with Crippen molar-refractivity contribution in [2.75, 3.05) is 0 Å². The molecule has 0 aromatic heterocycles. The Morgan fingerprint density at radius 3 is 2.56 bits per heavy atom. The van der Waals surface area contributed by atoms with Crippen LogP contribution in [0.25, 0.3) is 0 Å². The van der Waals surface area contributed by atoms with Crippen molar-refractivity contribution in [3.8, 4) is 0 Å². The molecule has 0 saturated carbocycles. The molecule has 50 valence electrons. The summed E-state index contributed by atoms with van der Waals surface area (Å²) >= 11 is 0. The van der Waals surface area contributed by atoms with Crippen LogP contribution in [-0.4, -0.2) is 6.29 Å². The number of carbonyl (C=O) groups is 1. The second kappa shape index (κ2) is 7.15. The minimum absolute atomic E-state index is 0.774. The van der Waals surface area contributed by atoms with Crippen LogP contribution >= 0.6 is 0 Å². The Hall–Kier alpha value is -0.850.